The average molecular weight is 672 g/mol. The summed E-state index contributed by atoms with van der Waals surface area (Å²) in [6, 6.07) is -0.412. The maximum atomic E-state index is 14.3. The Kier molecular flexibility index (Phi) is 9.99. The monoisotopic (exact) mass is 671 g/mol. The number of cyclic esters (lactones) is 1. The lowest BCUT2D eigenvalue weighted by Gasteiger charge is -2.35. The number of hydrogen-bond donors (Lipinski definition) is 3. The van der Waals surface area contributed by atoms with Crippen molar-refractivity contribution in [2.24, 2.45) is 11.3 Å². The van der Waals surface area contributed by atoms with Crippen LogP contribution in [0.1, 0.15) is 77.7 Å². The highest BCUT2D eigenvalue weighted by atomic mass is 32.2. The predicted molar refractivity (Wildman–Crippen MR) is 173 cm³/mol. The van der Waals surface area contributed by atoms with E-state index in [4.69, 9.17) is 9.47 Å². The van der Waals surface area contributed by atoms with Crippen LogP contribution in [0.4, 0.5) is 4.79 Å². The number of nitrogens with one attached hydrogen (secondary N) is 3. The molecule has 1 saturated heterocycles. The van der Waals surface area contributed by atoms with Crippen molar-refractivity contribution in [2.75, 3.05) is 13.2 Å². The number of pyridine rings is 1. The number of carbonyl (C=O) groups excluding carboxylic acids is 4. The highest BCUT2D eigenvalue weighted by molar-refractivity contribution is 7.91. The molecule has 0 radical (unpaired) electrons. The zero-order valence-electron chi connectivity index (χ0n) is 27.2. The number of allylic oxidation sites excluding steroid dienone is 1. The van der Waals surface area contributed by atoms with Gasteiger partial charge in [-0.1, -0.05) is 39.0 Å². The van der Waals surface area contributed by atoms with Crippen LogP contribution in [-0.4, -0.2) is 84.2 Å². The lowest BCUT2D eigenvalue weighted by molar-refractivity contribution is -0.142. The van der Waals surface area contributed by atoms with Gasteiger partial charge < -0.3 is 25.0 Å². The number of aromatic nitrogens is 1. The predicted octanol–water partition coefficient (Wildman–Crippen LogP) is 2.83. The second kappa shape index (κ2) is 13.7. The Hall–Kier alpha value is -3.94. The van der Waals surface area contributed by atoms with Gasteiger partial charge in [0.25, 0.3) is 5.91 Å². The molecular formula is C33H45N5O8S. The summed E-state index contributed by atoms with van der Waals surface area (Å²) in [6.07, 6.45) is 11.8. The molecule has 5 rings (SSSR count). The number of amides is 4. The lowest BCUT2D eigenvalue weighted by Crippen LogP contribution is -2.60. The summed E-state index contributed by atoms with van der Waals surface area (Å²) < 4.78 is 39.1. The van der Waals surface area contributed by atoms with Gasteiger partial charge in [0.05, 0.1) is 18.4 Å². The Balaban J connectivity index is 1.44. The van der Waals surface area contributed by atoms with E-state index in [1.165, 1.54) is 11.0 Å². The van der Waals surface area contributed by atoms with Gasteiger partial charge in [-0.05, 0) is 56.4 Å². The standard InChI is InChI=1S/C33H45N5O8S/c1-5-22-18-33(22,30(41)37-47(43,44)24-12-13-24)36-28(39)25-17-23-20-38(25)29(40)27(32(2,3)4)35-31(42)45-16-10-8-6-7-9-11-21-19-34-15-14-26(21)46-23/h5,9,11,14-15,19,22-25,27H,1,6-8,10,12-13,16-18,20H2,2-4H3,(H,35,42)(H,36,39)(H,37,41)/b11-9-/t22-,23-,25+,27-,33-/m1/s1. The Morgan fingerprint density at radius 1 is 1.19 bits per heavy atom. The molecule has 3 fully saturated rings. The van der Waals surface area contributed by atoms with Crippen LogP contribution in [-0.2, 0) is 29.1 Å². The highest BCUT2D eigenvalue weighted by Gasteiger charge is 2.62. The van der Waals surface area contributed by atoms with E-state index in [0.29, 0.717) is 25.0 Å². The van der Waals surface area contributed by atoms with E-state index in [9.17, 15) is 27.6 Å². The molecule has 2 bridgehead atoms. The Morgan fingerprint density at radius 2 is 1.96 bits per heavy atom. The second-order valence-electron chi connectivity index (χ2n) is 13.9. The minimum absolute atomic E-state index is 0.0197. The molecular weight excluding hydrogens is 626 g/mol. The van der Waals surface area contributed by atoms with Crippen molar-refractivity contribution in [2.45, 2.75) is 101 Å². The largest absolute Gasteiger partial charge is 0.488 e. The van der Waals surface area contributed by atoms with Crippen LogP contribution in [0.5, 0.6) is 5.75 Å². The van der Waals surface area contributed by atoms with Crippen LogP contribution in [0, 0.1) is 11.3 Å². The van der Waals surface area contributed by atoms with Gasteiger partial charge in [0.1, 0.15) is 29.5 Å². The fourth-order valence-electron chi connectivity index (χ4n) is 6.09. The molecule has 1 aromatic rings. The zero-order valence-corrected chi connectivity index (χ0v) is 28.0. The molecule has 2 aliphatic heterocycles. The zero-order chi connectivity index (χ0) is 34.0. The number of fused-ring (bicyclic) bond motifs is 3. The van der Waals surface area contributed by atoms with Gasteiger partial charge in [0, 0.05) is 30.3 Å². The first-order valence-corrected chi connectivity index (χ1v) is 17.8. The topological polar surface area (TPSA) is 173 Å². The average Bonchev–Trinajstić information content (AvgIpc) is 3.93. The van der Waals surface area contributed by atoms with Gasteiger partial charge in [0.2, 0.25) is 21.8 Å². The maximum absolute atomic E-state index is 14.3. The number of ether oxygens (including phenoxy) is 2. The third kappa shape index (κ3) is 7.96. The van der Waals surface area contributed by atoms with E-state index in [2.05, 4.69) is 26.9 Å². The van der Waals surface area contributed by atoms with Crippen molar-refractivity contribution >= 4 is 39.9 Å². The van der Waals surface area contributed by atoms with Crippen LogP contribution < -0.4 is 20.1 Å². The SMILES string of the molecule is C=C[C@@H]1C[C@]1(NC(=O)[C@@H]1C[C@@H]2CN1C(=O)[C@H](C(C)(C)C)NC(=O)OCCCCC/C=C\c1cnccc1O2)C(=O)NS(=O)(=O)C1CC1. The molecule has 4 aliphatic rings. The third-order valence-corrected chi connectivity index (χ3v) is 10.9. The van der Waals surface area contributed by atoms with Crippen LogP contribution >= 0.6 is 0 Å². The van der Waals surface area contributed by atoms with Crippen LogP contribution in [0.15, 0.2) is 37.2 Å². The third-order valence-electron chi connectivity index (χ3n) is 9.12. The number of hydrogen-bond acceptors (Lipinski definition) is 9. The van der Waals surface area contributed by atoms with Gasteiger partial charge in [-0.2, -0.15) is 0 Å². The Labute approximate surface area is 276 Å². The second-order valence-corrected chi connectivity index (χ2v) is 15.9. The minimum atomic E-state index is -3.87. The van der Waals surface area contributed by atoms with E-state index in [-0.39, 0.29) is 26.0 Å². The van der Waals surface area contributed by atoms with Gasteiger partial charge in [-0.25, -0.2) is 13.2 Å². The quantitative estimate of drug-likeness (QED) is 0.385. The molecule has 5 atom stereocenters. The summed E-state index contributed by atoms with van der Waals surface area (Å²) >= 11 is 0. The van der Waals surface area contributed by atoms with E-state index in [1.807, 2.05) is 12.2 Å². The van der Waals surface area contributed by atoms with Crippen molar-refractivity contribution in [1.29, 1.82) is 0 Å². The molecule has 14 heteroatoms. The number of nitrogens with zero attached hydrogens (tertiary/aromatic N) is 2. The van der Waals surface area contributed by atoms with Crippen molar-refractivity contribution in [3.05, 3.63) is 42.8 Å². The Morgan fingerprint density at radius 3 is 2.64 bits per heavy atom. The first-order valence-electron chi connectivity index (χ1n) is 16.3. The Bertz CT molecular complexity index is 1540. The molecule has 0 aromatic carbocycles. The minimum Gasteiger partial charge on any atom is -0.488 e. The van der Waals surface area contributed by atoms with Gasteiger partial charge >= 0.3 is 6.09 Å². The molecule has 3 N–H and O–H groups in total. The van der Waals surface area contributed by atoms with E-state index in [1.54, 1.807) is 39.2 Å². The van der Waals surface area contributed by atoms with Gasteiger partial charge in [0.15, 0.2) is 0 Å². The highest BCUT2D eigenvalue weighted by Crippen LogP contribution is 2.45. The van der Waals surface area contributed by atoms with Crippen LogP contribution in [0.2, 0.25) is 0 Å². The van der Waals surface area contributed by atoms with Crippen molar-refractivity contribution in [3.8, 4) is 5.75 Å². The summed E-state index contributed by atoms with van der Waals surface area (Å²) in [5, 5.41) is 4.88. The molecule has 3 heterocycles. The van der Waals surface area contributed by atoms with E-state index < -0.39 is 74.1 Å². The maximum Gasteiger partial charge on any atom is 0.407 e. The van der Waals surface area contributed by atoms with Gasteiger partial charge in [-0.15, -0.1) is 6.58 Å². The molecule has 1 aromatic heterocycles. The fraction of sp³-hybridized carbons (Fsp3) is 0.606. The fourth-order valence-corrected chi connectivity index (χ4v) is 7.45. The molecule has 0 spiro atoms. The lowest BCUT2D eigenvalue weighted by atomic mass is 9.85. The van der Waals surface area contributed by atoms with E-state index in [0.717, 1.165) is 24.8 Å². The van der Waals surface area contributed by atoms with Crippen LogP contribution in [0.3, 0.4) is 0 Å². The summed E-state index contributed by atoms with van der Waals surface area (Å²) in [5.74, 6) is -1.92. The first-order chi connectivity index (χ1) is 22.2. The molecule has 2 saturated carbocycles. The van der Waals surface area contributed by atoms with Crippen molar-refractivity contribution in [1.82, 2.24) is 25.2 Å². The van der Waals surface area contributed by atoms with Crippen molar-refractivity contribution < 1.29 is 37.1 Å². The number of alkyl carbamates (subject to hydrolysis) is 1. The molecule has 256 valence electrons. The smallest absolute Gasteiger partial charge is 0.407 e. The summed E-state index contributed by atoms with van der Waals surface area (Å²) in [6.45, 7) is 9.37. The molecule has 0 unspecified atom stereocenters. The molecule has 2 aliphatic carbocycles. The number of rotatable bonds is 6. The number of carbonyl (C=O) groups is 4. The number of sulfonamides is 1. The first kappa shape index (κ1) is 34.4. The summed E-state index contributed by atoms with van der Waals surface area (Å²) in [5.41, 5.74) is -1.53. The van der Waals surface area contributed by atoms with Crippen LogP contribution in [0.25, 0.3) is 6.08 Å². The normalized spacial score (nSPS) is 29.5. The van der Waals surface area contributed by atoms with Crippen molar-refractivity contribution in [3.63, 3.8) is 0 Å². The summed E-state index contributed by atoms with van der Waals surface area (Å²) in [7, 11) is -3.87. The molecule has 13 nitrogen and oxygen atoms in total. The molecule has 47 heavy (non-hydrogen) atoms. The summed E-state index contributed by atoms with van der Waals surface area (Å²) in [4.78, 5) is 60.1. The van der Waals surface area contributed by atoms with E-state index >= 15 is 0 Å². The van der Waals surface area contributed by atoms with Gasteiger partial charge in [-0.3, -0.25) is 24.1 Å². The molecule has 4 amide bonds.